The molecule has 1 atom stereocenters. The second-order valence-electron chi connectivity index (χ2n) is 7.29. The molecule has 1 fully saturated rings. The van der Waals surface area contributed by atoms with Crippen molar-refractivity contribution in [2.45, 2.75) is 45.6 Å². The van der Waals surface area contributed by atoms with Crippen LogP contribution in [0.2, 0.25) is 0 Å². The number of hydrogen-bond donors (Lipinski definition) is 2. The number of carboxylic acid groups (broad SMARTS) is 1. The molecule has 1 aromatic carbocycles. The Kier molecular flexibility index (Phi) is 7.72. The number of nitrogens with zero attached hydrogens (tertiary/aromatic N) is 2. The summed E-state index contributed by atoms with van der Waals surface area (Å²) in [6.07, 6.45) is 1.18. The Morgan fingerprint density at radius 1 is 1.17 bits per heavy atom. The normalized spacial score (nSPS) is 17.3. The Morgan fingerprint density at radius 3 is 2.38 bits per heavy atom. The molecule has 0 saturated carbocycles. The molecule has 2 amide bonds. The lowest BCUT2D eigenvalue weighted by atomic mass is 10.0. The van der Waals surface area contributed by atoms with Crippen molar-refractivity contribution in [3.63, 3.8) is 0 Å². The van der Waals surface area contributed by atoms with Gasteiger partial charge >= 0.3 is 11.9 Å². The Balaban J connectivity index is 2.32. The summed E-state index contributed by atoms with van der Waals surface area (Å²) in [6, 6.07) is 4.59. The van der Waals surface area contributed by atoms with Crippen LogP contribution in [0.5, 0.6) is 0 Å². The van der Waals surface area contributed by atoms with Gasteiger partial charge in [0, 0.05) is 18.7 Å². The summed E-state index contributed by atoms with van der Waals surface area (Å²) in [5.74, 6) is -2.78. The SMILES string of the molecule is CC(C)CC1C(=O)N(c2ccc(C(=O)O)cc2)CC(=O)ON1C(=O)CCCCO. The fourth-order valence-corrected chi connectivity index (χ4v) is 3.06. The highest BCUT2D eigenvalue weighted by atomic mass is 16.7. The quantitative estimate of drug-likeness (QED) is 0.628. The maximum Gasteiger partial charge on any atom is 0.352 e. The third-order valence-electron chi connectivity index (χ3n) is 4.49. The van der Waals surface area contributed by atoms with Crippen molar-refractivity contribution < 1.29 is 34.2 Å². The van der Waals surface area contributed by atoms with E-state index in [0.29, 0.717) is 24.9 Å². The number of unbranched alkanes of at least 4 members (excludes halogenated alkanes) is 1. The largest absolute Gasteiger partial charge is 0.478 e. The molecule has 0 radical (unpaired) electrons. The van der Waals surface area contributed by atoms with E-state index in [1.54, 1.807) is 0 Å². The Labute approximate surface area is 168 Å². The first kappa shape index (κ1) is 22.4. The van der Waals surface area contributed by atoms with Gasteiger partial charge in [0.1, 0.15) is 12.6 Å². The third kappa shape index (κ3) is 5.77. The summed E-state index contributed by atoms with van der Waals surface area (Å²) in [6.45, 7) is 3.34. The average Bonchev–Trinajstić information content (AvgIpc) is 2.79. The molecule has 0 aromatic heterocycles. The number of carbonyl (C=O) groups is 4. The number of benzene rings is 1. The maximum absolute atomic E-state index is 13.2. The summed E-state index contributed by atoms with van der Waals surface area (Å²) in [4.78, 5) is 55.6. The van der Waals surface area contributed by atoms with E-state index in [4.69, 9.17) is 15.1 Å². The van der Waals surface area contributed by atoms with Crippen molar-refractivity contribution in [3.8, 4) is 0 Å². The van der Waals surface area contributed by atoms with E-state index >= 15 is 0 Å². The molecule has 29 heavy (non-hydrogen) atoms. The molecule has 1 aliphatic heterocycles. The zero-order chi connectivity index (χ0) is 21.6. The van der Waals surface area contributed by atoms with E-state index < -0.39 is 29.8 Å². The Hall–Kier alpha value is -2.94. The van der Waals surface area contributed by atoms with Gasteiger partial charge in [-0.2, -0.15) is 5.06 Å². The lowest BCUT2D eigenvalue weighted by Crippen LogP contribution is -2.48. The average molecular weight is 406 g/mol. The van der Waals surface area contributed by atoms with Gasteiger partial charge in [-0.15, -0.1) is 0 Å². The van der Waals surface area contributed by atoms with Crippen LogP contribution in [0.15, 0.2) is 24.3 Å². The van der Waals surface area contributed by atoms with Crippen molar-refractivity contribution in [2.24, 2.45) is 5.92 Å². The van der Waals surface area contributed by atoms with Crippen molar-refractivity contribution >= 4 is 29.4 Å². The standard InChI is InChI=1S/C20H26N2O7/c1-13(2)11-16-19(26)21(15-8-6-14(7-9-15)20(27)28)12-18(25)29-22(16)17(24)5-3-4-10-23/h6-9,13,16,23H,3-5,10-12H2,1-2H3,(H,27,28). The van der Waals surface area contributed by atoms with Gasteiger partial charge in [0.05, 0.1) is 5.56 Å². The molecule has 9 heteroatoms. The van der Waals surface area contributed by atoms with Crippen LogP contribution in [0.25, 0.3) is 0 Å². The van der Waals surface area contributed by atoms with E-state index in [9.17, 15) is 19.2 Å². The van der Waals surface area contributed by atoms with E-state index in [2.05, 4.69) is 0 Å². The van der Waals surface area contributed by atoms with Gasteiger partial charge in [0.25, 0.3) is 11.8 Å². The first-order chi connectivity index (χ1) is 13.7. The van der Waals surface area contributed by atoms with Gasteiger partial charge < -0.3 is 15.1 Å². The maximum atomic E-state index is 13.2. The second-order valence-corrected chi connectivity index (χ2v) is 7.29. The van der Waals surface area contributed by atoms with E-state index in [1.807, 2.05) is 13.8 Å². The number of anilines is 1. The van der Waals surface area contributed by atoms with E-state index in [1.165, 1.54) is 29.2 Å². The van der Waals surface area contributed by atoms with Gasteiger partial charge in [-0.25, -0.2) is 9.59 Å². The highest BCUT2D eigenvalue weighted by Gasteiger charge is 2.40. The molecule has 1 saturated heterocycles. The van der Waals surface area contributed by atoms with Crippen LogP contribution in [0.3, 0.4) is 0 Å². The van der Waals surface area contributed by atoms with Gasteiger partial charge in [0.15, 0.2) is 0 Å². The number of aromatic carboxylic acids is 1. The number of rotatable bonds is 8. The van der Waals surface area contributed by atoms with Gasteiger partial charge in [-0.3, -0.25) is 14.5 Å². The van der Waals surface area contributed by atoms with Gasteiger partial charge in [0.2, 0.25) is 0 Å². The highest BCUT2D eigenvalue weighted by Crippen LogP contribution is 2.25. The molecule has 0 bridgehead atoms. The van der Waals surface area contributed by atoms with Crippen molar-refractivity contribution in [1.29, 1.82) is 0 Å². The van der Waals surface area contributed by atoms with Crippen molar-refractivity contribution in [2.75, 3.05) is 18.1 Å². The lowest BCUT2D eigenvalue weighted by Gasteiger charge is -2.29. The minimum absolute atomic E-state index is 0.0447. The molecule has 9 nitrogen and oxygen atoms in total. The lowest BCUT2D eigenvalue weighted by molar-refractivity contribution is -0.204. The van der Waals surface area contributed by atoms with Crippen LogP contribution in [0.4, 0.5) is 5.69 Å². The summed E-state index contributed by atoms with van der Waals surface area (Å²) in [7, 11) is 0. The molecule has 2 N–H and O–H groups in total. The summed E-state index contributed by atoms with van der Waals surface area (Å²) in [5, 5.41) is 18.8. The molecule has 0 aliphatic carbocycles. The highest BCUT2D eigenvalue weighted by molar-refractivity contribution is 6.03. The second kappa shape index (κ2) is 10.0. The fraction of sp³-hybridized carbons (Fsp3) is 0.500. The summed E-state index contributed by atoms with van der Waals surface area (Å²) in [5.41, 5.74) is 0.401. The zero-order valence-electron chi connectivity index (χ0n) is 16.5. The number of amides is 2. The van der Waals surface area contributed by atoms with Crippen LogP contribution in [-0.2, 0) is 19.2 Å². The number of aliphatic hydroxyl groups excluding tert-OH is 1. The number of carboxylic acids is 1. The minimum atomic E-state index is -1.10. The van der Waals surface area contributed by atoms with Crippen LogP contribution < -0.4 is 4.90 Å². The van der Waals surface area contributed by atoms with Crippen molar-refractivity contribution in [3.05, 3.63) is 29.8 Å². The summed E-state index contributed by atoms with van der Waals surface area (Å²) >= 11 is 0. The molecule has 1 aliphatic rings. The predicted octanol–water partition coefficient (Wildman–Crippen LogP) is 1.60. The van der Waals surface area contributed by atoms with E-state index in [-0.39, 0.29) is 31.1 Å². The fourth-order valence-electron chi connectivity index (χ4n) is 3.06. The first-order valence-corrected chi connectivity index (χ1v) is 9.53. The smallest absolute Gasteiger partial charge is 0.352 e. The monoisotopic (exact) mass is 406 g/mol. The van der Waals surface area contributed by atoms with Crippen molar-refractivity contribution in [1.82, 2.24) is 5.06 Å². The first-order valence-electron chi connectivity index (χ1n) is 9.53. The minimum Gasteiger partial charge on any atom is -0.478 e. The molecular formula is C20H26N2O7. The molecular weight excluding hydrogens is 380 g/mol. The molecule has 158 valence electrons. The Morgan fingerprint density at radius 2 is 1.83 bits per heavy atom. The molecule has 1 unspecified atom stereocenters. The summed E-state index contributed by atoms with van der Waals surface area (Å²) < 4.78 is 0. The van der Waals surface area contributed by atoms with Crippen LogP contribution in [0.1, 0.15) is 49.9 Å². The molecule has 0 spiro atoms. The zero-order valence-corrected chi connectivity index (χ0v) is 16.5. The Bertz CT molecular complexity index is 761. The predicted molar refractivity (Wildman–Crippen MR) is 103 cm³/mol. The topological polar surface area (TPSA) is 124 Å². The number of carbonyl (C=O) groups excluding carboxylic acids is 3. The number of aliphatic hydroxyl groups is 1. The molecule has 1 aromatic rings. The molecule has 1 heterocycles. The van der Waals surface area contributed by atoms with Gasteiger partial charge in [-0.1, -0.05) is 13.8 Å². The number of hydrogen-bond acceptors (Lipinski definition) is 6. The van der Waals surface area contributed by atoms with Crippen LogP contribution in [0, 0.1) is 5.92 Å². The van der Waals surface area contributed by atoms with Crippen LogP contribution >= 0.6 is 0 Å². The number of hydroxylamine groups is 2. The molecule has 2 rings (SSSR count). The van der Waals surface area contributed by atoms with E-state index in [0.717, 1.165) is 5.06 Å². The third-order valence-corrected chi connectivity index (χ3v) is 4.49. The van der Waals surface area contributed by atoms with Crippen LogP contribution in [-0.4, -0.2) is 58.2 Å². The van der Waals surface area contributed by atoms with Gasteiger partial charge in [-0.05, 0) is 49.4 Å².